The van der Waals surface area contributed by atoms with Gasteiger partial charge in [-0.15, -0.1) is 0 Å². The van der Waals surface area contributed by atoms with Crippen molar-refractivity contribution in [3.8, 4) is 0 Å². The molecule has 0 aliphatic carbocycles. The Morgan fingerprint density at radius 2 is 0.857 bits per heavy atom. The minimum absolute atomic E-state index is 0. The van der Waals surface area contributed by atoms with E-state index in [0.29, 0.717) is 21.8 Å². The lowest BCUT2D eigenvalue weighted by Crippen LogP contribution is -3.00. The third kappa shape index (κ3) is 19.3. The zero-order valence-electron chi connectivity index (χ0n) is 9.82. The maximum Gasteiger partial charge on any atom is 0.107 e. The molecule has 4 heteroatoms. The van der Waals surface area contributed by atoms with Crippen LogP contribution in [0.25, 0.3) is 0 Å². The summed E-state index contributed by atoms with van der Waals surface area (Å²) in [5.41, 5.74) is 0. The van der Waals surface area contributed by atoms with Gasteiger partial charge in [0.2, 0.25) is 0 Å². The molecule has 0 atom stereocenters. The summed E-state index contributed by atoms with van der Waals surface area (Å²) in [6.45, 7) is 0. The molecule has 90 valence electrons. The SMILES string of the molecule is C[S+](C)CCCCCC[S+](C)C.[Br-].[Br-]. The first-order valence-corrected chi connectivity index (χ1v) is 9.13. The van der Waals surface area contributed by atoms with E-state index in [1.165, 1.54) is 37.2 Å². The van der Waals surface area contributed by atoms with Gasteiger partial charge in [0.1, 0.15) is 11.5 Å². The first kappa shape index (κ1) is 21.0. The van der Waals surface area contributed by atoms with Crippen molar-refractivity contribution in [2.75, 3.05) is 36.5 Å². The Kier molecular flexibility index (Phi) is 22.0. The van der Waals surface area contributed by atoms with Crippen LogP contribution in [0.5, 0.6) is 0 Å². The molecule has 0 nitrogen and oxygen atoms in total. The topological polar surface area (TPSA) is 0 Å². The molecule has 0 rings (SSSR count). The molecular weight excluding hydrogens is 344 g/mol. The van der Waals surface area contributed by atoms with Crippen molar-refractivity contribution in [1.82, 2.24) is 0 Å². The van der Waals surface area contributed by atoms with E-state index in [-0.39, 0.29) is 34.0 Å². The largest absolute Gasteiger partial charge is 1.00 e. The van der Waals surface area contributed by atoms with Gasteiger partial charge in [0.15, 0.2) is 0 Å². The average molecular weight is 368 g/mol. The fourth-order valence-corrected chi connectivity index (χ4v) is 2.70. The number of rotatable bonds is 7. The predicted molar refractivity (Wildman–Crippen MR) is 66.6 cm³/mol. The van der Waals surface area contributed by atoms with Crippen LogP contribution in [-0.2, 0) is 21.8 Å². The Morgan fingerprint density at radius 3 is 1.07 bits per heavy atom. The van der Waals surface area contributed by atoms with Crippen LogP contribution < -0.4 is 34.0 Å². The van der Waals surface area contributed by atoms with Crippen LogP contribution in [0.2, 0.25) is 0 Å². The molecule has 0 saturated carbocycles. The molecule has 0 unspecified atom stereocenters. The van der Waals surface area contributed by atoms with Crippen LogP contribution in [0.15, 0.2) is 0 Å². The summed E-state index contributed by atoms with van der Waals surface area (Å²) in [6.07, 6.45) is 15.2. The first-order valence-electron chi connectivity index (χ1n) is 4.71. The second-order valence-electron chi connectivity index (χ2n) is 3.79. The molecule has 0 aromatic carbocycles. The van der Waals surface area contributed by atoms with E-state index in [9.17, 15) is 0 Å². The summed E-state index contributed by atoms with van der Waals surface area (Å²) in [5, 5.41) is 0. The molecule has 0 fully saturated rings. The zero-order valence-corrected chi connectivity index (χ0v) is 14.6. The summed E-state index contributed by atoms with van der Waals surface area (Å²) in [7, 11) is 1.34. The van der Waals surface area contributed by atoms with Crippen molar-refractivity contribution >= 4 is 21.8 Å². The van der Waals surface area contributed by atoms with Gasteiger partial charge in [-0.2, -0.15) is 0 Å². The second-order valence-corrected chi connectivity index (χ2v) is 8.55. The molecule has 0 aliphatic heterocycles. The van der Waals surface area contributed by atoms with Crippen LogP contribution in [-0.4, -0.2) is 36.5 Å². The van der Waals surface area contributed by atoms with Crippen molar-refractivity contribution in [2.24, 2.45) is 0 Å². The van der Waals surface area contributed by atoms with Crippen LogP contribution in [0.4, 0.5) is 0 Å². The molecule has 0 amide bonds. The monoisotopic (exact) mass is 366 g/mol. The Bertz CT molecular complexity index is 86.1. The second kappa shape index (κ2) is 14.7. The molecule has 0 heterocycles. The van der Waals surface area contributed by atoms with Crippen molar-refractivity contribution in [3.05, 3.63) is 0 Å². The van der Waals surface area contributed by atoms with Crippen LogP contribution >= 0.6 is 0 Å². The van der Waals surface area contributed by atoms with E-state index in [1.807, 2.05) is 0 Å². The van der Waals surface area contributed by atoms with E-state index in [4.69, 9.17) is 0 Å². The summed E-state index contributed by atoms with van der Waals surface area (Å²) in [5.74, 6) is 2.90. The molecule has 0 spiro atoms. The van der Waals surface area contributed by atoms with Gasteiger partial charge >= 0.3 is 0 Å². The maximum absolute atomic E-state index is 2.34. The van der Waals surface area contributed by atoms with Gasteiger partial charge in [-0.1, -0.05) is 0 Å². The lowest BCUT2D eigenvalue weighted by atomic mass is 10.2. The average Bonchev–Trinajstić information content (AvgIpc) is 1.95. The van der Waals surface area contributed by atoms with Gasteiger partial charge in [0, 0.05) is 0 Å². The zero-order chi connectivity index (χ0) is 9.40. The molecule has 14 heavy (non-hydrogen) atoms. The van der Waals surface area contributed by atoms with Crippen molar-refractivity contribution in [2.45, 2.75) is 25.7 Å². The summed E-state index contributed by atoms with van der Waals surface area (Å²) in [4.78, 5) is 0. The van der Waals surface area contributed by atoms with Crippen molar-refractivity contribution in [1.29, 1.82) is 0 Å². The van der Waals surface area contributed by atoms with E-state index in [0.717, 1.165) is 0 Å². The van der Waals surface area contributed by atoms with Gasteiger partial charge in [0.25, 0.3) is 0 Å². The van der Waals surface area contributed by atoms with E-state index >= 15 is 0 Å². The van der Waals surface area contributed by atoms with Gasteiger partial charge in [-0.3, -0.25) is 0 Å². The molecule has 0 bridgehead atoms. The number of unbranched alkanes of at least 4 members (excludes halogenated alkanes) is 3. The van der Waals surface area contributed by atoms with Crippen LogP contribution in [0.1, 0.15) is 25.7 Å². The Balaban J connectivity index is -0.000000605. The van der Waals surface area contributed by atoms with Gasteiger partial charge < -0.3 is 34.0 Å². The van der Waals surface area contributed by atoms with Crippen molar-refractivity contribution in [3.63, 3.8) is 0 Å². The fourth-order valence-electron chi connectivity index (χ4n) is 1.14. The Labute approximate surface area is 117 Å². The highest BCUT2D eigenvalue weighted by atomic mass is 79.9. The van der Waals surface area contributed by atoms with Crippen LogP contribution in [0.3, 0.4) is 0 Å². The summed E-state index contributed by atoms with van der Waals surface area (Å²) < 4.78 is 0. The minimum atomic E-state index is 0. The van der Waals surface area contributed by atoms with Crippen LogP contribution in [0, 0.1) is 0 Å². The smallest absolute Gasteiger partial charge is 0.107 e. The quantitative estimate of drug-likeness (QED) is 0.321. The highest BCUT2D eigenvalue weighted by molar-refractivity contribution is 7.95. The maximum atomic E-state index is 2.34. The lowest BCUT2D eigenvalue weighted by molar-refractivity contribution is -0.00100. The fraction of sp³-hybridized carbons (Fsp3) is 1.00. The van der Waals surface area contributed by atoms with E-state index in [1.54, 1.807) is 0 Å². The number of hydrogen-bond acceptors (Lipinski definition) is 0. The minimum Gasteiger partial charge on any atom is -1.00 e. The predicted octanol–water partition coefficient (Wildman–Crippen LogP) is -3.69. The Morgan fingerprint density at radius 1 is 0.571 bits per heavy atom. The molecule has 0 radical (unpaired) electrons. The van der Waals surface area contributed by atoms with Gasteiger partial charge in [0.05, 0.1) is 25.0 Å². The molecule has 0 saturated heterocycles. The standard InChI is InChI=1S/C10H24S2.2BrH/c1-11(2)9-7-5-6-8-10-12(3)4;;/h5-10H2,1-4H3;2*1H/q+2;;/p-2. The molecule has 0 N–H and O–H groups in total. The lowest BCUT2D eigenvalue weighted by Gasteiger charge is -1.98. The van der Waals surface area contributed by atoms with Gasteiger partial charge in [-0.05, 0) is 47.5 Å². The Hall–Kier alpha value is 1.66. The van der Waals surface area contributed by atoms with Crippen molar-refractivity contribution < 1.29 is 34.0 Å². The third-order valence-electron chi connectivity index (χ3n) is 1.86. The van der Waals surface area contributed by atoms with E-state index < -0.39 is 0 Å². The highest BCUT2D eigenvalue weighted by Gasteiger charge is 2.03. The normalized spacial score (nSPS) is 9.86. The summed E-state index contributed by atoms with van der Waals surface area (Å²) in [6, 6.07) is 0. The highest BCUT2D eigenvalue weighted by Crippen LogP contribution is 2.03. The van der Waals surface area contributed by atoms with Gasteiger partial charge in [-0.25, -0.2) is 0 Å². The number of halogens is 2. The first-order chi connectivity index (χ1) is 5.63. The number of hydrogen-bond donors (Lipinski definition) is 0. The molecular formula is C10H24Br2S2. The van der Waals surface area contributed by atoms with E-state index in [2.05, 4.69) is 25.0 Å². The molecule has 0 aliphatic rings. The molecule has 0 aromatic heterocycles. The third-order valence-corrected chi connectivity index (χ3v) is 4.07. The summed E-state index contributed by atoms with van der Waals surface area (Å²) >= 11 is 0. The molecule has 0 aromatic rings.